The van der Waals surface area contributed by atoms with E-state index < -0.39 is 0 Å². The molecule has 0 spiro atoms. The molecular formula is C11H10BrClN4OS. The van der Waals surface area contributed by atoms with Crippen LogP contribution in [0.5, 0.6) is 11.6 Å². The zero-order valence-electron chi connectivity index (χ0n) is 9.85. The average Bonchev–Trinajstić information content (AvgIpc) is 2.41. The Labute approximate surface area is 128 Å². The van der Waals surface area contributed by atoms with Crippen LogP contribution in [0.2, 0.25) is 5.02 Å². The van der Waals surface area contributed by atoms with Crippen molar-refractivity contribution in [2.75, 3.05) is 11.7 Å². The summed E-state index contributed by atoms with van der Waals surface area (Å²) in [5.41, 5.74) is 2.47. The number of aromatic nitrogens is 2. The average molecular weight is 362 g/mol. The van der Waals surface area contributed by atoms with Crippen molar-refractivity contribution >= 4 is 45.1 Å². The maximum absolute atomic E-state index is 5.87. The van der Waals surface area contributed by atoms with Crippen LogP contribution in [-0.2, 0) is 0 Å². The monoisotopic (exact) mass is 360 g/mol. The van der Waals surface area contributed by atoms with Gasteiger partial charge >= 0.3 is 0 Å². The molecule has 2 rings (SSSR count). The Morgan fingerprint density at radius 2 is 2.16 bits per heavy atom. The van der Waals surface area contributed by atoms with Gasteiger partial charge in [0.15, 0.2) is 5.16 Å². The van der Waals surface area contributed by atoms with E-state index in [1.165, 1.54) is 11.8 Å². The number of nitrogens with zero attached hydrogens (tertiary/aromatic N) is 2. The first-order chi connectivity index (χ1) is 9.12. The molecular weight excluding hydrogens is 352 g/mol. The van der Waals surface area contributed by atoms with Crippen LogP contribution in [-0.4, -0.2) is 16.2 Å². The number of halogens is 2. The highest BCUT2D eigenvalue weighted by molar-refractivity contribution is 9.10. The molecule has 19 heavy (non-hydrogen) atoms. The van der Waals surface area contributed by atoms with Gasteiger partial charge in [-0.25, -0.2) is 10.8 Å². The van der Waals surface area contributed by atoms with Gasteiger partial charge in [0.25, 0.3) is 0 Å². The van der Waals surface area contributed by atoms with Gasteiger partial charge in [0.2, 0.25) is 5.88 Å². The van der Waals surface area contributed by atoms with Crippen LogP contribution in [0, 0.1) is 0 Å². The smallest absolute Gasteiger partial charge is 0.225 e. The normalized spacial score (nSPS) is 10.3. The van der Waals surface area contributed by atoms with Gasteiger partial charge in [0.05, 0.1) is 4.47 Å². The molecule has 0 aliphatic heterocycles. The second-order valence-corrected chi connectivity index (χ2v) is 5.46. The van der Waals surface area contributed by atoms with Crippen LogP contribution < -0.4 is 16.0 Å². The number of nitrogens with two attached hydrogens (primary N) is 1. The Bertz CT molecular complexity index is 577. The molecule has 0 atom stereocenters. The van der Waals surface area contributed by atoms with E-state index in [9.17, 15) is 0 Å². The van der Waals surface area contributed by atoms with E-state index in [-0.39, 0.29) is 0 Å². The van der Waals surface area contributed by atoms with Crippen LogP contribution in [0.4, 0.5) is 5.82 Å². The minimum absolute atomic E-state index is 0.398. The van der Waals surface area contributed by atoms with Gasteiger partial charge in [0, 0.05) is 11.1 Å². The summed E-state index contributed by atoms with van der Waals surface area (Å²) >= 11 is 10.7. The van der Waals surface area contributed by atoms with Crippen molar-refractivity contribution in [1.82, 2.24) is 9.97 Å². The van der Waals surface area contributed by atoms with Gasteiger partial charge in [-0.1, -0.05) is 23.4 Å². The zero-order chi connectivity index (χ0) is 13.8. The Morgan fingerprint density at radius 1 is 1.37 bits per heavy atom. The standard InChI is InChI=1S/C11H10BrClN4OS/c1-19-11-15-9(17-14)5-10(16-11)18-8-3-2-6(13)4-7(8)12/h2-5H,14H2,1H3,(H,15,16,17). The number of hydrazine groups is 1. The van der Waals surface area contributed by atoms with Gasteiger partial charge in [-0.05, 0) is 40.4 Å². The van der Waals surface area contributed by atoms with Crippen molar-refractivity contribution in [3.05, 3.63) is 33.8 Å². The van der Waals surface area contributed by atoms with E-state index in [0.717, 1.165) is 4.47 Å². The van der Waals surface area contributed by atoms with E-state index in [1.54, 1.807) is 24.3 Å². The van der Waals surface area contributed by atoms with Crippen molar-refractivity contribution in [3.8, 4) is 11.6 Å². The second-order valence-electron chi connectivity index (χ2n) is 3.40. The van der Waals surface area contributed by atoms with E-state index in [1.807, 2.05) is 6.26 Å². The van der Waals surface area contributed by atoms with E-state index >= 15 is 0 Å². The fourth-order valence-electron chi connectivity index (χ4n) is 1.29. The summed E-state index contributed by atoms with van der Waals surface area (Å²) in [5.74, 6) is 6.85. The van der Waals surface area contributed by atoms with Crippen molar-refractivity contribution in [1.29, 1.82) is 0 Å². The Hall–Kier alpha value is -1.02. The van der Waals surface area contributed by atoms with Crippen LogP contribution in [0.15, 0.2) is 33.9 Å². The number of ether oxygens (including phenoxy) is 1. The molecule has 0 fully saturated rings. The van der Waals surface area contributed by atoms with Gasteiger partial charge in [-0.3, -0.25) is 0 Å². The summed E-state index contributed by atoms with van der Waals surface area (Å²) in [5, 5.41) is 1.19. The minimum Gasteiger partial charge on any atom is -0.438 e. The molecule has 0 amide bonds. The summed E-state index contributed by atoms with van der Waals surface area (Å²) in [6, 6.07) is 6.85. The highest BCUT2D eigenvalue weighted by Gasteiger charge is 2.08. The van der Waals surface area contributed by atoms with Crippen molar-refractivity contribution in [2.24, 2.45) is 5.84 Å². The number of anilines is 1. The summed E-state index contributed by atoms with van der Waals surface area (Å²) in [6.07, 6.45) is 1.87. The van der Waals surface area contributed by atoms with Crippen LogP contribution in [0.1, 0.15) is 0 Å². The molecule has 1 heterocycles. The van der Waals surface area contributed by atoms with E-state index in [4.69, 9.17) is 22.2 Å². The molecule has 0 unspecified atom stereocenters. The molecule has 100 valence electrons. The fraction of sp³-hybridized carbons (Fsp3) is 0.0909. The van der Waals surface area contributed by atoms with Gasteiger partial charge in [-0.2, -0.15) is 4.98 Å². The number of hydrogen-bond donors (Lipinski definition) is 2. The van der Waals surface area contributed by atoms with Crippen LogP contribution in [0.25, 0.3) is 0 Å². The molecule has 5 nitrogen and oxygen atoms in total. The molecule has 0 bridgehead atoms. The lowest BCUT2D eigenvalue weighted by Crippen LogP contribution is -2.09. The largest absolute Gasteiger partial charge is 0.438 e. The molecule has 0 radical (unpaired) electrons. The Morgan fingerprint density at radius 3 is 2.79 bits per heavy atom. The Balaban J connectivity index is 2.31. The molecule has 3 N–H and O–H groups in total. The van der Waals surface area contributed by atoms with Gasteiger partial charge in [0.1, 0.15) is 11.6 Å². The molecule has 0 aliphatic rings. The second kappa shape index (κ2) is 6.42. The molecule has 0 aliphatic carbocycles. The maximum atomic E-state index is 5.87. The number of rotatable bonds is 4. The summed E-state index contributed by atoms with van der Waals surface area (Å²) in [6.45, 7) is 0. The summed E-state index contributed by atoms with van der Waals surface area (Å²) in [4.78, 5) is 8.39. The highest BCUT2D eigenvalue weighted by atomic mass is 79.9. The molecule has 1 aromatic carbocycles. The Kier molecular flexibility index (Phi) is 4.87. The van der Waals surface area contributed by atoms with Crippen molar-refractivity contribution in [3.63, 3.8) is 0 Å². The molecule has 2 aromatic rings. The maximum Gasteiger partial charge on any atom is 0.225 e. The third-order valence-electron chi connectivity index (χ3n) is 2.12. The van der Waals surface area contributed by atoms with E-state index in [0.29, 0.717) is 27.6 Å². The highest BCUT2D eigenvalue weighted by Crippen LogP contribution is 2.32. The first-order valence-corrected chi connectivity index (χ1v) is 7.54. The quantitative estimate of drug-likeness (QED) is 0.374. The number of benzene rings is 1. The first kappa shape index (κ1) is 14.4. The topological polar surface area (TPSA) is 73.1 Å². The third kappa shape index (κ3) is 3.73. The predicted octanol–water partition coefficient (Wildman–Crippen LogP) is 3.69. The van der Waals surface area contributed by atoms with Crippen molar-refractivity contribution in [2.45, 2.75) is 5.16 Å². The lowest BCUT2D eigenvalue weighted by molar-refractivity contribution is 0.453. The molecule has 0 saturated carbocycles. The van der Waals surface area contributed by atoms with Crippen molar-refractivity contribution < 1.29 is 4.74 Å². The first-order valence-electron chi connectivity index (χ1n) is 5.15. The van der Waals surface area contributed by atoms with Gasteiger partial charge in [-0.15, -0.1) is 0 Å². The lowest BCUT2D eigenvalue weighted by atomic mass is 10.3. The van der Waals surface area contributed by atoms with E-state index in [2.05, 4.69) is 31.3 Å². The summed E-state index contributed by atoms with van der Waals surface area (Å²) < 4.78 is 6.43. The predicted molar refractivity (Wildman–Crippen MR) is 80.8 cm³/mol. The summed E-state index contributed by atoms with van der Waals surface area (Å²) in [7, 11) is 0. The van der Waals surface area contributed by atoms with Crippen LogP contribution >= 0.6 is 39.3 Å². The minimum atomic E-state index is 0.398. The molecule has 8 heteroatoms. The molecule has 1 aromatic heterocycles. The number of nitrogen functional groups attached to an aromatic ring is 1. The SMILES string of the molecule is CSc1nc(NN)cc(Oc2ccc(Cl)cc2Br)n1. The fourth-order valence-corrected chi connectivity index (χ4v) is 2.43. The third-order valence-corrected chi connectivity index (χ3v) is 3.52. The number of thioether (sulfide) groups is 1. The zero-order valence-corrected chi connectivity index (χ0v) is 13.0. The lowest BCUT2D eigenvalue weighted by Gasteiger charge is -2.09. The van der Waals surface area contributed by atoms with Gasteiger partial charge < -0.3 is 10.2 Å². The number of nitrogens with one attached hydrogen (secondary N) is 1. The van der Waals surface area contributed by atoms with Crippen LogP contribution in [0.3, 0.4) is 0 Å². The molecule has 0 saturated heterocycles. The number of hydrogen-bond acceptors (Lipinski definition) is 6.